The monoisotopic (exact) mass is 257 g/mol. The zero-order chi connectivity index (χ0) is 13.1. The van der Waals surface area contributed by atoms with Gasteiger partial charge in [0.15, 0.2) is 0 Å². The molecule has 1 N–H and O–H groups in total. The van der Waals surface area contributed by atoms with Crippen LogP contribution in [0, 0.1) is 5.92 Å². The molecule has 0 aromatic carbocycles. The van der Waals surface area contributed by atoms with Crippen LogP contribution in [0.5, 0.6) is 0 Å². The number of carbonyl (C=O) groups is 1. The molecule has 1 unspecified atom stereocenters. The third kappa shape index (κ3) is 7.67. The number of unbranched alkanes of at least 4 members (excludes halogenated alkanes) is 2. The van der Waals surface area contributed by atoms with Gasteiger partial charge in [0, 0.05) is 19.6 Å². The molecule has 1 aliphatic heterocycles. The Morgan fingerprint density at radius 2 is 2.17 bits per heavy atom. The van der Waals surface area contributed by atoms with Crippen LogP contribution < -0.4 is 5.32 Å². The maximum Gasteiger partial charge on any atom is 0.305 e. The van der Waals surface area contributed by atoms with Gasteiger partial charge in [-0.05, 0) is 51.6 Å². The van der Waals surface area contributed by atoms with Crippen molar-refractivity contribution in [3.8, 4) is 0 Å². The van der Waals surface area contributed by atoms with Crippen LogP contribution in [-0.2, 0) is 14.3 Å². The van der Waals surface area contributed by atoms with Gasteiger partial charge in [-0.2, -0.15) is 0 Å². The van der Waals surface area contributed by atoms with Crippen molar-refractivity contribution < 1.29 is 14.3 Å². The lowest BCUT2D eigenvalue weighted by molar-refractivity contribution is -0.143. The summed E-state index contributed by atoms with van der Waals surface area (Å²) in [4.78, 5) is 11.1. The van der Waals surface area contributed by atoms with Gasteiger partial charge in [-0.25, -0.2) is 0 Å². The Bertz CT molecular complexity index is 215. The highest BCUT2D eigenvalue weighted by Gasteiger charge is 2.13. The summed E-state index contributed by atoms with van der Waals surface area (Å²) in [5.74, 6) is 0.737. The third-order valence-electron chi connectivity index (χ3n) is 3.31. The van der Waals surface area contributed by atoms with Crippen molar-refractivity contribution in [2.45, 2.75) is 45.4 Å². The minimum atomic E-state index is -0.0767. The van der Waals surface area contributed by atoms with Crippen LogP contribution in [0.1, 0.15) is 45.4 Å². The van der Waals surface area contributed by atoms with Crippen LogP contribution in [0.25, 0.3) is 0 Å². The highest BCUT2D eigenvalue weighted by molar-refractivity contribution is 5.69. The summed E-state index contributed by atoms with van der Waals surface area (Å²) in [6.45, 7) is 6.35. The number of esters is 1. The Balaban J connectivity index is 1.77. The van der Waals surface area contributed by atoms with Gasteiger partial charge >= 0.3 is 5.97 Å². The average Bonchev–Trinajstić information content (AvgIpc) is 2.86. The fraction of sp³-hybridized carbons (Fsp3) is 0.929. The summed E-state index contributed by atoms with van der Waals surface area (Å²) in [5.41, 5.74) is 0. The first-order chi connectivity index (χ1) is 8.83. The topological polar surface area (TPSA) is 47.6 Å². The number of rotatable bonds is 10. The molecule has 4 heteroatoms. The number of ether oxygens (including phenoxy) is 2. The SMILES string of the molecule is CCOC(=O)CCCCCOCCC1CCNC1. The van der Waals surface area contributed by atoms with E-state index in [0.717, 1.165) is 44.9 Å². The summed E-state index contributed by atoms with van der Waals surface area (Å²) in [7, 11) is 0. The van der Waals surface area contributed by atoms with E-state index < -0.39 is 0 Å². The molecule has 1 fully saturated rings. The van der Waals surface area contributed by atoms with Gasteiger partial charge in [-0.15, -0.1) is 0 Å². The van der Waals surface area contributed by atoms with Crippen molar-refractivity contribution >= 4 is 5.97 Å². The smallest absolute Gasteiger partial charge is 0.305 e. The Kier molecular flexibility index (Phi) is 8.86. The number of nitrogens with one attached hydrogen (secondary N) is 1. The van der Waals surface area contributed by atoms with E-state index in [-0.39, 0.29) is 5.97 Å². The molecule has 0 aromatic heterocycles. The number of hydrogen-bond donors (Lipinski definition) is 1. The molecule has 1 aliphatic rings. The number of hydrogen-bond acceptors (Lipinski definition) is 4. The maximum atomic E-state index is 11.1. The van der Waals surface area contributed by atoms with E-state index in [1.54, 1.807) is 0 Å². The molecular weight excluding hydrogens is 230 g/mol. The van der Waals surface area contributed by atoms with Crippen LogP contribution in [0.15, 0.2) is 0 Å². The second-order valence-electron chi connectivity index (χ2n) is 4.88. The molecule has 106 valence electrons. The standard InChI is InChI=1S/C14H27NO3/c1-2-18-14(16)6-4-3-5-10-17-11-8-13-7-9-15-12-13/h13,15H,2-12H2,1H3. The first-order valence-electron chi connectivity index (χ1n) is 7.27. The molecule has 0 aliphatic carbocycles. The predicted molar refractivity (Wildman–Crippen MR) is 71.5 cm³/mol. The quantitative estimate of drug-likeness (QED) is 0.481. The van der Waals surface area contributed by atoms with Crippen molar-refractivity contribution in [3.63, 3.8) is 0 Å². The van der Waals surface area contributed by atoms with Gasteiger partial charge in [0.1, 0.15) is 0 Å². The fourth-order valence-corrected chi connectivity index (χ4v) is 2.20. The Morgan fingerprint density at radius 3 is 2.89 bits per heavy atom. The third-order valence-corrected chi connectivity index (χ3v) is 3.31. The predicted octanol–water partition coefficient (Wildman–Crippen LogP) is 2.13. The molecule has 1 heterocycles. The summed E-state index contributed by atoms with van der Waals surface area (Å²) in [6.07, 6.45) is 6.02. The molecule has 0 saturated carbocycles. The highest BCUT2D eigenvalue weighted by Crippen LogP contribution is 2.12. The summed E-state index contributed by atoms with van der Waals surface area (Å²) in [6, 6.07) is 0. The zero-order valence-corrected chi connectivity index (χ0v) is 11.6. The Hall–Kier alpha value is -0.610. The molecule has 4 nitrogen and oxygen atoms in total. The first kappa shape index (κ1) is 15.4. The summed E-state index contributed by atoms with van der Waals surface area (Å²) < 4.78 is 10.5. The second kappa shape index (κ2) is 10.3. The zero-order valence-electron chi connectivity index (χ0n) is 11.6. The van der Waals surface area contributed by atoms with Gasteiger partial charge in [0.05, 0.1) is 6.61 Å². The Labute approximate surface area is 110 Å². The van der Waals surface area contributed by atoms with E-state index in [0.29, 0.717) is 13.0 Å². The van der Waals surface area contributed by atoms with E-state index in [9.17, 15) is 4.79 Å². The first-order valence-corrected chi connectivity index (χ1v) is 7.27. The molecule has 1 saturated heterocycles. The van der Waals surface area contributed by atoms with Gasteiger partial charge in [-0.3, -0.25) is 4.79 Å². The van der Waals surface area contributed by atoms with Crippen LogP contribution >= 0.6 is 0 Å². The van der Waals surface area contributed by atoms with E-state index >= 15 is 0 Å². The van der Waals surface area contributed by atoms with Crippen molar-refractivity contribution in [1.29, 1.82) is 0 Å². The van der Waals surface area contributed by atoms with E-state index in [1.807, 2.05) is 6.92 Å². The minimum absolute atomic E-state index is 0.0767. The lowest BCUT2D eigenvalue weighted by Gasteiger charge is -2.08. The average molecular weight is 257 g/mol. The van der Waals surface area contributed by atoms with Crippen molar-refractivity contribution in [2.75, 3.05) is 32.9 Å². The van der Waals surface area contributed by atoms with Crippen LogP contribution in [-0.4, -0.2) is 38.9 Å². The van der Waals surface area contributed by atoms with Crippen molar-refractivity contribution in [2.24, 2.45) is 5.92 Å². The summed E-state index contributed by atoms with van der Waals surface area (Å²) in [5, 5.41) is 3.36. The molecule has 0 aromatic rings. The number of carbonyl (C=O) groups excluding carboxylic acids is 1. The highest BCUT2D eigenvalue weighted by atomic mass is 16.5. The van der Waals surface area contributed by atoms with Crippen molar-refractivity contribution in [1.82, 2.24) is 5.32 Å². The molecule has 0 bridgehead atoms. The van der Waals surface area contributed by atoms with E-state index in [1.165, 1.54) is 19.4 Å². The molecule has 0 radical (unpaired) electrons. The normalized spacial score (nSPS) is 19.1. The van der Waals surface area contributed by atoms with Gasteiger partial charge in [0.25, 0.3) is 0 Å². The minimum Gasteiger partial charge on any atom is -0.466 e. The van der Waals surface area contributed by atoms with Crippen LogP contribution in [0.2, 0.25) is 0 Å². The van der Waals surface area contributed by atoms with E-state index in [2.05, 4.69) is 5.32 Å². The molecule has 0 amide bonds. The molecule has 18 heavy (non-hydrogen) atoms. The fourth-order valence-electron chi connectivity index (χ4n) is 2.20. The largest absolute Gasteiger partial charge is 0.466 e. The summed E-state index contributed by atoms with van der Waals surface area (Å²) >= 11 is 0. The lowest BCUT2D eigenvalue weighted by Crippen LogP contribution is -2.11. The van der Waals surface area contributed by atoms with E-state index in [4.69, 9.17) is 9.47 Å². The molecule has 1 rings (SSSR count). The Morgan fingerprint density at radius 1 is 1.28 bits per heavy atom. The van der Waals surface area contributed by atoms with Gasteiger partial charge in [0.2, 0.25) is 0 Å². The van der Waals surface area contributed by atoms with Crippen LogP contribution in [0.3, 0.4) is 0 Å². The van der Waals surface area contributed by atoms with Gasteiger partial charge in [-0.1, -0.05) is 6.42 Å². The second-order valence-corrected chi connectivity index (χ2v) is 4.88. The lowest BCUT2D eigenvalue weighted by atomic mass is 10.1. The molecule has 0 spiro atoms. The van der Waals surface area contributed by atoms with Crippen LogP contribution in [0.4, 0.5) is 0 Å². The van der Waals surface area contributed by atoms with Gasteiger partial charge < -0.3 is 14.8 Å². The molecule has 1 atom stereocenters. The maximum absolute atomic E-state index is 11.1. The van der Waals surface area contributed by atoms with Crippen molar-refractivity contribution in [3.05, 3.63) is 0 Å². The molecular formula is C14H27NO3.